The molecule has 6 nitrogen and oxygen atoms in total. The van der Waals surface area contributed by atoms with Crippen LogP contribution in [0.1, 0.15) is 40.5 Å². The molecule has 1 aliphatic heterocycles. The maximum absolute atomic E-state index is 4.40. The topological polar surface area (TPSA) is 46.1 Å². The van der Waals surface area contributed by atoms with Crippen LogP contribution in [0.4, 0.5) is 0 Å². The van der Waals surface area contributed by atoms with Crippen molar-refractivity contribution in [2.45, 2.75) is 46.6 Å². The number of guanidine groups is 1. The van der Waals surface area contributed by atoms with Gasteiger partial charge >= 0.3 is 0 Å². The van der Waals surface area contributed by atoms with Crippen molar-refractivity contribution in [2.75, 3.05) is 73.0 Å². The van der Waals surface area contributed by atoms with Crippen LogP contribution in [0.15, 0.2) is 4.99 Å². The Morgan fingerprint density at radius 3 is 2.30 bits per heavy atom. The SMILES string of the molecule is CCN(CC)CCCC(C)NC(=NC)NCC(C)CN1CCN(C)CC1.I. The molecule has 0 aromatic carbocycles. The molecule has 27 heavy (non-hydrogen) atoms. The Labute approximate surface area is 185 Å². The second-order valence-corrected chi connectivity index (χ2v) is 7.88. The van der Waals surface area contributed by atoms with Gasteiger partial charge in [0.2, 0.25) is 0 Å². The lowest BCUT2D eigenvalue weighted by atomic mass is 10.1. The lowest BCUT2D eigenvalue weighted by molar-refractivity contribution is 0.139. The maximum Gasteiger partial charge on any atom is 0.191 e. The first-order valence-corrected chi connectivity index (χ1v) is 10.6. The second-order valence-electron chi connectivity index (χ2n) is 7.88. The van der Waals surface area contributed by atoms with Gasteiger partial charge < -0.3 is 25.3 Å². The average Bonchev–Trinajstić information content (AvgIpc) is 2.64. The third kappa shape index (κ3) is 12.1. The summed E-state index contributed by atoms with van der Waals surface area (Å²) >= 11 is 0. The minimum Gasteiger partial charge on any atom is -0.356 e. The minimum absolute atomic E-state index is 0. The predicted octanol–water partition coefficient (Wildman–Crippen LogP) is 2.16. The van der Waals surface area contributed by atoms with E-state index in [4.69, 9.17) is 0 Å². The van der Waals surface area contributed by atoms with E-state index < -0.39 is 0 Å². The first-order chi connectivity index (χ1) is 12.5. The molecule has 1 heterocycles. The summed E-state index contributed by atoms with van der Waals surface area (Å²) in [6.07, 6.45) is 2.40. The molecular formula is C20H45IN6. The fourth-order valence-electron chi connectivity index (χ4n) is 3.47. The van der Waals surface area contributed by atoms with Gasteiger partial charge in [-0.2, -0.15) is 0 Å². The third-order valence-electron chi connectivity index (χ3n) is 5.40. The molecule has 7 heteroatoms. The van der Waals surface area contributed by atoms with Gasteiger partial charge in [-0.05, 0) is 52.4 Å². The number of hydrogen-bond acceptors (Lipinski definition) is 4. The van der Waals surface area contributed by atoms with Crippen molar-refractivity contribution in [2.24, 2.45) is 10.9 Å². The summed E-state index contributed by atoms with van der Waals surface area (Å²) in [7, 11) is 4.07. The van der Waals surface area contributed by atoms with Crippen LogP contribution in [0.25, 0.3) is 0 Å². The van der Waals surface area contributed by atoms with Crippen LogP contribution in [0.2, 0.25) is 0 Å². The molecule has 1 rings (SSSR count). The van der Waals surface area contributed by atoms with Crippen molar-refractivity contribution in [3.8, 4) is 0 Å². The zero-order valence-corrected chi connectivity index (χ0v) is 21.0. The van der Waals surface area contributed by atoms with Gasteiger partial charge in [0.25, 0.3) is 0 Å². The Morgan fingerprint density at radius 2 is 1.74 bits per heavy atom. The third-order valence-corrected chi connectivity index (χ3v) is 5.40. The fraction of sp³-hybridized carbons (Fsp3) is 0.950. The molecule has 1 saturated heterocycles. The van der Waals surface area contributed by atoms with E-state index in [0.717, 1.165) is 32.1 Å². The molecule has 2 unspecified atom stereocenters. The van der Waals surface area contributed by atoms with E-state index in [1.165, 1.54) is 45.6 Å². The van der Waals surface area contributed by atoms with E-state index in [1.54, 1.807) is 0 Å². The van der Waals surface area contributed by atoms with Crippen LogP contribution < -0.4 is 10.6 Å². The first-order valence-electron chi connectivity index (χ1n) is 10.6. The van der Waals surface area contributed by atoms with Crippen molar-refractivity contribution in [3.05, 3.63) is 0 Å². The molecule has 0 saturated carbocycles. The van der Waals surface area contributed by atoms with Crippen LogP contribution in [-0.2, 0) is 0 Å². The van der Waals surface area contributed by atoms with Gasteiger partial charge in [-0.3, -0.25) is 4.99 Å². The summed E-state index contributed by atoms with van der Waals surface area (Å²) in [5.41, 5.74) is 0. The van der Waals surface area contributed by atoms with E-state index in [-0.39, 0.29) is 24.0 Å². The number of nitrogens with one attached hydrogen (secondary N) is 2. The van der Waals surface area contributed by atoms with Crippen molar-refractivity contribution in [1.82, 2.24) is 25.3 Å². The fourth-order valence-corrected chi connectivity index (χ4v) is 3.47. The highest BCUT2D eigenvalue weighted by atomic mass is 127. The monoisotopic (exact) mass is 496 g/mol. The number of aliphatic imine (C=N–C) groups is 1. The molecule has 2 atom stereocenters. The molecule has 0 aliphatic carbocycles. The first kappa shape index (κ1) is 26.9. The van der Waals surface area contributed by atoms with Crippen LogP contribution in [0, 0.1) is 5.92 Å². The van der Waals surface area contributed by atoms with Crippen molar-refractivity contribution >= 4 is 29.9 Å². The Hall–Kier alpha value is -0.120. The molecule has 0 amide bonds. The lowest BCUT2D eigenvalue weighted by Crippen LogP contribution is -2.48. The van der Waals surface area contributed by atoms with Gasteiger partial charge in [0.05, 0.1) is 0 Å². The van der Waals surface area contributed by atoms with Crippen LogP contribution >= 0.6 is 24.0 Å². The summed E-state index contributed by atoms with van der Waals surface area (Å²) < 4.78 is 0. The summed E-state index contributed by atoms with van der Waals surface area (Å²) in [5.74, 6) is 1.56. The number of nitrogens with zero attached hydrogens (tertiary/aromatic N) is 4. The molecular weight excluding hydrogens is 451 g/mol. The van der Waals surface area contributed by atoms with Gasteiger partial charge in [-0.1, -0.05) is 20.8 Å². The standard InChI is InChI=1S/C20H44N6.HI/c1-7-25(8-2)11-9-10-19(4)23-20(21-5)22-16-18(3)17-26-14-12-24(6)13-15-26;/h18-19H,7-17H2,1-6H3,(H2,21,22,23);1H. The van der Waals surface area contributed by atoms with Crippen LogP contribution in [-0.4, -0.2) is 99.7 Å². The Bertz CT molecular complexity index is 381. The molecule has 162 valence electrons. The zero-order chi connectivity index (χ0) is 19.4. The summed E-state index contributed by atoms with van der Waals surface area (Å²) in [6, 6.07) is 0.449. The molecule has 0 bridgehead atoms. The van der Waals surface area contributed by atoms with Gasteiger partial charge in [0, 0.05) is 52.4 Å². The Kier molecular flexibility index (Phi) is 15.7. The molecule has 0 aromatic rings. The predicted molar refractivity (Wildman–Crippen MR) is 129 cm³/mol. The zero-order valence-electron chi connectivity index (χ0n) is 18.6. The van der Waals surface area contributed by atoms with Gasteiger partial charge in [-0.15, -0.1) is 24.0 Å². The quantitative estimate of drug-likeness (QED) is 0.261. The maximum atomic E-state index is 4.40. The summed E-state index contributed by atoms with van der Waals surface area (Å²) in [6.45, 7) is 19.4. The highest BCUT2D eigenvalue weighted by Gasteiger charge is 2.16. The Morgan fingerprint density at radius 1 is 1.11 bits per heavy atom. The van der Waals surface area contributed by atoms with E-state index in [1.807, 2.05) is 7.05 Å². The van der Waals surface area contributed by atoms with Crippen LogP contribution in [0.5, 0.6) is 0 Å². The van der Waals surface area contributed by atoms with Gasteiger partial charge in [0.15, 0.2) is 5.96 Å². The number of halogens is 1. The summed E-state index contributed by atoms with van der Waals surface area (Å²) in [5, 5.41) is 7.05. The second kappa shape index (κ2) is 15.8. The van der Waals surface area contributed by atoms with Gasteiger partial charge in [-0.25, -0.2) is 0 Å². The number of hydrogen-bond donors (Lipinski definition) is 2. The molecule has 0 radical (unpaired) electrons. The molecule has 2 N–H and O–H groups in total. The molecule has 0 aromatic heterocycles. The molecule has 0 spiro atoms. The van der Waals surface area contributed by atoms with Crippen molar-refractivity contribution in [3.63, 3.8) is 0 Å². The highest BCUT2D eigenvalue weighted by molar-refractivity contribution is 14.0. The largest absolute Gasteiger partial charge is 0.356 e. The van der Waals surface area contributed by atoms with Crippen molar-refractivity contribution in [1.29, 1.82) is 0 Å². The van der Waals surface area contributed by atoms with E-state index >= 15 is 0 Å². The number of rotatable bonds is 11. The van der Waals surface area contributed by atoms with Crippen LogP contribution in [0.3, 0.4) is 0 Å². The number of likely N-dealkylation sites (N-methyl/N-ethyl adjacent to an activating group) is 1. The van der Waals surface area contributed by atoms with E-state index in [0.29, 0.717) is 12.0 Å². The Balaban J connectivity index is 0.00000676. The van der Waals surface area contributed by atoms with E-state index in [2.05, 4.69) is 65.1 Å². The van der Waals surface area contributed by atoms with E-state index in [9.17, 15) is 0 Å². The average molecular weight is 497 g/mol. The minimum atomic E-state index is 0. The summed E-state index contributed by atoms with van der Waals surface area (Å²) in [4.78, 5) is 11.9. The smallest absolute Gasteiger partial charge is 0.191 e. The molecule has 1 aliphatic rings. The number of piperazine rings is 1. The molecule has 1 fully saturated rings. The van der Waals surface area contributed by atoms with Crippen molar-refractivity contribution < 1.29 is 0 Å². The lowest BCUT2D eigenvalue weighted by Gasteiger charge is -2.34. The highest BCUT2D eigenvalue weighted by Crippen LogP contribution is 2.04. The normalized spacial score (nSPS) is 18.9. The van der Waals surface area contributed by atoms with Gasteiger partial charge in [0.1, 0.15) is 0 Å².